The van der Waals surface area contributed by atoms with E-state index in [2.05, 4.69) is 10.1 Å². The Kier molecular flexibility index (Phi) is 4.84. The van der Waals surface area contributed by atoms with Crippen LogP contribution in [0.2, 0.25) is 0 Å². The highest BCUT2D eigenvalue weighted by Gasteiger charge is 2.21. The van der Waals surface area contributed by atoms with Crippen molar-refractivity contribution in [1.29, 1.82) is 0 Å². The first kappa shape index (κ1) is 20.9. The van der Waals surface area contributed by atoms with Gasteiger partial charge in [0.15, 0.2) is 28.2 Å². The third-order valence-corrected chi connectivity index (χ3v) is 6.69. The second-order valence-electron chi connectivity index (χ2n) is 7.96. The quantitative estimate of drug-likeness (QED) is 0.247. The maximum Gasteiger partial charge on any atom is 0.262 e. The molecule has 5 aromatic rings. The summed E-state index contributed by atoms with van der Waals surface area (Å²) < 4.78 is 34.2. The van der Waals surface area contributed by atoms with Crippen molar-refractivity contribution in [2.75, 3.05) is 13.6 Å². The van der Waals surface area contributed by atoms with Crippen molar-refractivity contribution in [3.8, 4) is 34.4 Å². The van der Waals surface area contributed by atoms with Gasteiger partial charge in [-0.15, -0.1) is 0 Å². The van der Waals surface area contributed by atoms with Crippen LogP contribution in [0.25, 0.3) is 22.3 Å². The lowest BCUT2D eigenvalue weighted by Crippen LogP contribution is -2.23. The minimum Gasteiger partial charge on any atom is -0.467 e. The summed E-state index contributed by atoms with van der Waals surface area (Å²) in [4.78, 5) is 22.7. The Morgan fingerprint density at radius 3 is 2.56 bits per heavy atom. The lowest BCUT2D eigenvalue weighted by atomic mass is 10.2. The van der Waals surface area contributed by atoms with Gasteiger partial charge in [0, 0.05) is 11.6 Å². The first-order valence-corrected chi connectivity index (χ1v) is 11.9. The maximum atomic E-state index is 13.5. The van der Waals surface area contributed by atoms with E-state index in [0.717, 1.165) is 5.56 Å². The minimum atomic E-state index is -0.219. The molecule has 36 heavy (non-hydrogen) atoms. The predicted molar refractivity (Wildman–Crippen MR) is 125 cm³/mol. The summed E-state index contributed by atoms with van der Waals surface area (Å²) in [5, 5.41) is 4.99. The van der Waals surface area contributed by atoms with Gasteiger partial charge in [0.2, 0.25) is 25.3 Å². The van der Waals surface area contributed by atoms with Gasteiger partial charge < -0.3 is 27.9 Å². The molecule has 0 unspecified atom stereocenters. The van der Waals surface area contributed by atoms with Crippen molar-refractivity contribution in [2.24, 2.45) is 0 Å². The molecule has 7 rings (SSSR count). The van der Waals surface area contributed by atoms with Gasteiger partial charge in [0.1, 0.15) is 5.76 Å². The topological polar surface area (TPSA) is 124 Å². The molecule has 2 aliphatic heterocycles. The lowest BCUT2D eigenvalue weighted by Gasteiger charge is -2.12. The first-order chi connectivity index (χ1) is 17.7. The Morgan fingerprint density at radius 2 is 1.72 bits per heavy atom. The van der Waals surface area contributed by atoms with Crippen LogP contribution in [0.3, 0.4) is 0 Å². The van der Waals surface area contributed by atoms with Crippen molar-refractivity contribution < 1.29 is 27.9 Å². The normalized spacial score (nSPS) is 13.6. The summed E-state index contributed by atoms with van der Waals surface area (Å²) in [7, 11) is 0. The summed E-state index contributed by atoms with van der Waals surface area (Å²) >= 11 is 1.31. The van der Waals surface area contributed by atoms with E-state index in [1.165, 1.54) is 11.8 Å². The molecule has 0 atom stereocenters. The molecule has 0 fully saturated rings. The van der Waals surface area contributed by atoms with Gasteiger partial charge in [-0.3, -0.25) is 9.36 Å². The summed E-state index contributed by atoms with van der Waals surface area (Å²) in [5.74, 6) is 4.14. The van der Waals surface area contributed by atoms with Crippen molar-refractivity contribution in [3.63, 3.8) is 0 Å². The molecule has 0 saturated heterocycles. The molecule has 180 valence electrons. The third kappa shape index (κ3) is 3.62. The molecule has 3 aromatic heterocycles. The second kappa shape index (κ2) is 8.34. The van der Waals surface area contributed by atoms with Gasteiger partial charge in [-0.1, -0.05) is 16.9 Å². The smallest absolute Gasteiger partial charge is 0.262 e. The highest BCUT2D eigenvalue weighted by molar-refractivity contribution is 7.98. The van der Waals surface area contributed by atoms with Crippen LogP contribution in [-0.2, 0) is 12.3 Å². The van der Waals surface area contributed by atoms with E-state index in [-0.39, 0.29) is 25.7 Å². The maximum absolute atomic E-state index is 13.5. The molecule has 2 aliphatic rings. The fourth-order valence-corrected chi connectivity index (χ4v) is 4.83. The van der Waals surface area contributed by atoms with Gasteiger partial charge >= 0.3 is 0 Å². The van der Waals surface area contributed by atoms with Crippen LogP contribution in [0, 0.1) is 0 Å². The van der Waals surface area contributed by atoms with E-state index >= 15 is 0 Å². The Balaban J connectivity index is 1.21. The first-order valence-electron chi connectivity index (χ1n) is 10.9. The summed E-state index contributed by atoms with van der Waals surface area (Å²) in [6, 6.07) is 12.4. The second-order valence-corrected chi connectivity index (χ2v) is 8.90. The van der Waals surface area contributed by atoms with Gasteiger partial charge in [0.05, 0.1) is 29.5 Å². The predicted octanol–water partition coefficient (Wildman–Crippen LogP) is 3.84. The van der Waals surface area contributed by atoms with Crippen LogP contribution in [-0.4, -0.2) is 33.3 Å². The molecular weight excluding hydrogens is 488 g/mol. The van der Waals surface area contributed by atoms with E-state index in [0.29, 0.717) is 62.3 Å². The van der Waals surface area contributed by atoms with Crippen LogP contribution in [0.1, 0.15) is 11.7 Å². The van der Waals surface area contributed by atoms with Crippen molar-refractivity contribution in [1.82, 2.24) is 19.7 Å². The van der Waals surface area contributed by atoms with Crippen molar-refractivity contribution in [2.45, 2.75) is 17.5 Å². The summed E-state index contributed by atoms with van der Waals surface area (Å²) in [5.41, 5.74) is 1.03. The zero-order valence-electron chi connectivity index (χ0n) is 18.5. The minimum absolute atomic E-state index is 0.108. The molecule has 0 saturated carbocycles. The molecule has 12 heteroatoms. The lowest BCUT2D eigenvalue weighted by molar-refractivity contribution is 0.173. The van der Waals surface area contributed by atoms with Crippen LogP contribution in [0.15, 0.2) is 67.6 Å². The molecule has 0 bridgehead atoms. The Morgan fingerprint density at radius 1 is 0.917 bits per heavy atom. The molecule has 5 heterocycles. The molecule has 0 amide bonds. The fourth-order valence-electron chi connectivity index (χ4n) is 3.99. The molecule has 0 radical (unpaired) electrons. The Labute approximate surface area is 206 Å². The van der Waals surface area contributed by atoms with Gasteiger partial charge in [-0.2, -0.15) is 4.98 Å². The van der Waals surface area contributed by atoms with E-state index in [1.807, 2.05) is 6.07 Å². The standard InChI is InChI=1S/C24H16N4O7S/c29-23-15-7-19-20(34-12-33-19)8-16(15)25-24(28(23)9-14-2-1-5-30-14)36-10-21-26-22(27-35-21)13-3-4-17-18(6-13)32-11-31-17/h1-8H,9-12H2. The third-order valence-electron chi connectivity index (χ3n) is 5.73. The number of fused-ring (bicyclic) bond motifs is 3. The van der Waals surface area contributed by atoms with Crippen LogP contribution < -0.4 is 24.5 Å². The average molecular weight is 504 g/mol. The molecule has 11 nitrogen and oxygen atoms in total. The van der Waals surface area contributed by atoms with Crippen LogP contribution >= 0.6 is 11.8 Å². The number of rotatable bonds is 6. The van der Waals surface area contributed by atoms with Crippen LogP contribution in [0.4, 0.5) is 0 Å². The number of hydrogen-bond acceptors (Lipinski definition) is 11. The number of nitrogens with zero attached hydrogens (tertiary/aromatic N) is 4. The Hall–Kier alpha value is -4.45. The molecule has 2 aromatic carbocycles. The number of benzene rings is 2. The number of furan rings is 1. The largest absolute Gasteiger partial charge is 0.467 e. The summed E-state index contributed by atoms with van der Waals surface area (Å²) in [6.07, 6.45) is 1.57. The SMILES string of the molecule is O=c1c2cc3c(cc2nc(SCc2nc(-c4ccc5c(c4)OCO5)no2)n1Cc1ccco1)OCO3. The number of hydrogen-bond donors (Lipinski definition) is 0. The molecule has 0 spiro atoms. The van der Waals surface area contributed by atoms with Crippen molar-refractivity contribution >= 4 is 22.7 Å². The molecule has 0 aliphatic carbocycles. The van der Waals surface area contributed by atoms with E-state index in [9.17, 15) is 4.79 Å². The zero-order chi connectivity index (χ0) is 24.1. The fraction of sp³-hybridized carbons (Fsp3) is 0.167. The highest BCUT2D eigenvalue weighted by atomic mass is 32.2. The van der Waals surface area contributed by atoms with Gasteiger partial charge in [-0.25, -0.2) is 4.98 Å². The van der Waals surface area contributed by atoms with Gasteiger partial charge in [0.25, 0.3) is 5.56 Å². The monoisotopic (exact) mass is 504 g/mol. The highest BCUT2D eigenvalue weighted by Crippen LogP contribution is 2.36. The zero-order valence-corrected chi connectivity index (χ0v) is 19.3. The molecule has 0 N–H and O–H groups in total. The van der Waals surface area contributed by atoms with Crippen molar-refractivity contribution in [3.05, 3.63) is 70.7 Å². The summed E-state index contributed by atoms with van der Waals surface area (Å²) in [6.45, 7) is 0.516. The average Bonchev–Trinajstić information content (AvgIpc) is 3.70. The Bertz CT molecular complexity index is 1660. The van der Waals surface area contributed by atoms with E-state index < -0.39 is 0 Å². The number of aromatic nitrogens is 4. The number of thioether (sulfide) groups is 1. The van der Waals surface area contributed by atoms with Crippen LogP contribution in [0.5, 0.6) is 23.0 Å². The number of ether oxygens (including phenoxy) is 4. The molecular formula is C24H16N4O7S. The van der Waals surface area contributed by atoms with E-state index in [1.54, 1.807) is 47.2 Å². The van der Waals surface area contributed by atoms with Gasteiger partial charge in [-0.05, 0) is 36.4 Å². The van der Waals surface area contributed by atoms with E-state index in [4.69, 9.17) is 32.9 Å².